The lowest BCUT2D eigenvalue weighted by molar-refractivity contribution is -0.157. The number of carbonyl (C=O) groups excluding carboxylic acids is 3. The van der Waals surface area contributed by atoms with Crippen LogP contribution in [0.5, 0.6) is 0 Å². The molecule has 1 unspecified atom stereocenters. The number of ether oxygens (including phenoxy) is 1. The second-order valence-corrected chi connectivity index (χ2v) is 12.1. The minimum Gasteiger partial charge on any atom is -0.460 e. The molecular weight excluding hydrogens is 520 g/mol. The van der Waals surface area contributed by atoms with E-state index in [-0.39, 0.29) is 24.8 Å². The molecule has 3 aromatic rings. The van der Waals surface area contributed by atoms with Crippen molar-refractivity contribution < 1.29 is 24.2 Å². The van der Waals surface area contributed by atoms with Crippen LogP contribution in [0.25, 0.3) is 10.8 Å². The lowest BCUT2D eigenvalue weighted by atomic mass is 9.85. The largest absolute Gasteiger partial charge is 0.460 e. The van der Waals surface area contributed by atoms with E-state index in [1.807, 2.05) is 80.9 Å². The van der Waals surface area contributed by atoms with Crippen LogP contribution in [0.1, 0.15) is 60.5 Å². The molecule has 0 saturated heterocycles. The molecule has 41 heavy (non-hydrogen) atoms. The van der Waals surface area contributed by atoms with Gasteiger partial charge in [-0.3, -0.25) is 14.4 Å². The Balaban J connectivity index is 0.000000629. The van der Waals surface area contributed by atoms with Crippen molar-refractivity contribution in [2.75, 3.05) is 13.2 Å². The molecule has 1 aromatic heterocycles. The standard InChI is InChI=1S/C27H38N2O4.C5H8N2O/c1-8-28-25(32)23(26(2,3)4)29-24(31)21(17-22(30)33-27(5,6)7)16-18-13-14-19-11-9-10-12-20(19)15-18;8-4-3-7-2-1-6-5-7/h9-15,21,23H,8,16-17H2,1-7H3,(H,28,32)(H,29,31);1-2,5,8H,3-4H2/t21?,23-;/m1./s1. The molecule has 0 aliphatic heterocycles. The van der Waals surface area contributed by atoms with Gasteiger partial charge in [-0.05, 0) is 55.9 Å². The van der Waals surface area contributed by atoms with Gasteiger partial charge in [0.25, 0.3) is 0 Å². The molecule has 224 valence electrons. The zero-order valence-corrected chi connectivity index (χ0v) is 25.4. The van der Waals surface area contributed by atoms with Gasteiger partial charge in [-0.2, -0.15) is 0 Å². The van der Waals surface area contributed by atoms with Gasteiger partial charge in [-0.15, -0.1) is 0 Å². The van der Waals surface area contributed by atoms with E-state index < -0.39 is 28.9 Å². The van der Waals surface area contributed by atoms with Gasteiger partial charge in [0.05, 0.1) is 25.3 Å². The molecule has 1 heterocycles. The minimum atomic E-state index is -0.720. The van der Waals surface area contributed by atoms with Gasteiger partial charge in [0, 0.05) is 25.5 Å². The summed E-state index contributed by atoms with van der Waals surface area (Å²) >= 11 is 0. The van der Waals surface area contributed by atoms with Crippen molar-refractivity contribution in [3.05, 3.63) is 66.7 Å². The van der Waals surface area contributed by atoms with Gasteiger partial charge in [-0.1, -0.05) is 63.2 Å². The van der Waals surface area contributed by atoms with Crippen molar-refractivity contribution in [2.45, 2.75) is 79.5 Å². The number of rotatable bonds is 10. The third kappa shape index (κ3) is 11.7. The molecule has 2 atom stereocenters. The molecule has 3 rings (SSSR count). The number of aliphatic hydroxyl groups excluding tert-OH is 1. The zero-order valence-electron chi connectivity index (χ0n) is 25.4. The molecule has 2 aromatic carbocycles. The predicted molar refractivity (Wildman–Crippen MR) is 161 cm³/mol. The second kappa shape index (κ2) is 15.3. The number of esters is 1. The molecule has 2 amide bonds. The van der Waals surface area contributed by atoms with Gasteiger partial charge in [-0.25, -0.2) is 4.98 Å². The van der Waals surface area contributed by atoms with E-state index in [1.54, 1.807) is 33.3 Å². The molecule has 0 aliphatic carbocycles. The molecule has 0 saturated carbocycles. The summed E-state index contributed by atoms with van der Waals surface area (Å²) in [5.74, 6) is -1.67. The zero-order chi connectivity index (χ0) is 30.6. The fourth-order valence-electron chi connectivity index (χ4n) is 4.24. The van der Waals surface area contributed by atoms with Crippen molar-refractivity contribution in [3.8, 4) is 0 Å². The number of likely N-dealkylation sites (N-methyl/N-ethyl adjacent to an activating group) is 1. The van der Waals surface area contributed by atoms with Gasteiger partial charge in [0.15, 0.2) is 0 Å². The smallest absolute Gasteiger partial charge is 0.307 e. The van der Waals surface area contributed by atoms with Crippen LogP contribution in [0.4, 0.5) is 0 Å². The first-order valence-electron chi connectivity index (χ1n) is 14.1. The summed E-state index contributed by atoms with van der Waals surface area (Å²) in [4.78, 5) is 42.4. The monoisotopic (exact) mass is 566 g/mol. The maximum atomic E-state index is 13.4. The van der Waals surface area contributed by atoms with E-state index >= 15 is 0 Å². The van der Waals surface area contributed by atoms with Crippen molar-refractivity contribution in [2.24, 2.45) is 11.3 Å². The number of amides is 2. The Morgan fingerprint density at radius 2 is 1.68 bits per heavy atom. The fraction of sp³-hybridized carbons (Fsp3) is 0.500. The van der Waals surface area contributed by atoms with Gasteiger partial charge < -0.3 is 25.0 Å². The number of hydrogen-bond donors (Lipinski definition) is 3. The highest BCUT2D eigenvalue weighted by atomic mass is 16.6. The van der Waals surface area contributed by atoms with E-state index in [2.05, 4.69) is 15.6 Å². The van der Waals surface area contributed by atoms with Crippen LogP contribution in [-0.2, 0) is 32.1 Å². The van der Waals surface area contributed by atoms with Gasteiger partial charge >= 0.3 is 5.97 Å². The highest BCUT2D eigenvalue weighted by Crippen LogP contribution is 2.24. The number of hydrogen-bond acceptors (Lipinski definition) is 6. The molecule has 9 heteroatoms. The van der Waals surface area contributed by atoms with Crippen LogP contribution in [0, 0.1) is 11.3 Å². The molecule has 0 bridgehead atoms. The van der Waals surface area contributed by atoms with E-state index in [0.717, 1.165) is 16.3 Å². The highest BCUT2D eigenvalue weighted by Gasteiger charge is 2.35. The molecule has 0 radical (unpaired) electrons. The van der Waals surface area contributed by atoms with Gasteiger partial charge in [0.2, 0.25) is 11.8 Å². The quantitative estimate of drug-likeness (QED) is 0.315. The number of imidazole rings is 1. The lowest BCUT2D eigenvalue weighted by Gasteiger charge is -2.31. The van der Waals surface area contributed by atoms with Gasteiger partial charge in [0.1, 0.15) is 11.6 Å². The number of carbonyl (C=O) groups is 3. The lowest BCUT2D eigenvalue weighted by Crippen LogP contribution is -2.55. The Labute approximate surface area is 243 Å². The van der Waals surface area contributed by atoms with Crippen LogP contribution in [0.15, 0.2) is 61.2 Å². The number of aromatic nitrogens is 2. The first-order chi connectivity index (χ1) is 19.2. The third-order valence-corrected chi connectivity index (χ3v) is 6.18. The summed E-state index contributed by atoms with van der Waals surface area (Å²) in [6.45, 7) is 14.2. The van der Waals surface area contributed by atoms with Crippen molar-refractivity contribution in [3.63, 3.8) is 0 Å². The Morgan fingerprint density at radius 3 is 2.24 bits per heavy atom. The average Bonchev–Trinajstić information content (AvgIpc) is 3.39. The second-order valence-electron chi connectivity index (χ2n) is 12.1. The maximum absolute atomic E-state index is 13.4. The number of nitrogens with zero attached hydrogens (tertiary/aromatic N) is 2. The predicted octanol–water partition coefficient (Wildman–Crippen LogP) is 4.27. The molecular formula is C32H46N4O5. The summed E-state index contributed by atoms with van der Waals surface area (Å²) < 4.78 is 7.31. The Hall–Kier alpha value is -3.72. The van der Waals surface area contributed by atoms with Crippen molar-refractivity contribution >= 4 is 28.6 Å². The minimum absolute atomic E-state index is 0.0673. The van der Waals surface area contributed by atoms with E-state index in [4.69, 9.17) is 9.84 Å². The molecule has 0 spiro atoms. The van der Waals surface area contributed by atoms with E-state index in [1.165, 1.54) is 0 Å². The van der Waals surface area contributed by atoms with E-state index in [9.17, 15) is 14.4 Å². The van der Waals surface area contributed by atoms with Crippen LogP contribution in [0.2, 0.25) is 0 Å². The Bertz CT molecular complexity index is 1260. The molecule has 0 fully saturated rings. The van der Waals surface area contributed by atoms with Crippen LogP contribution < -0.4 is 10.6 Å². The molecule has 9 nitrogen and oxygen atoms in total. The SMILES string of the molecule is CCNC(=O)[C@@H](NC(=O)C(CC(=O)OC(C)(C)C)Cc1ccc2ccccc2c1)C(C)(C)C.OCCn1ccnc1. The Morgan fingerprint density at radius 1 is 1.00 bits per heavy atom. The first-order valence-corrected chi connectivity index (χ1v) is 14.1. The van der Waals surface area contributed by atoms with Crippen LogP contribution >= 0.6 is 0 Å². The van der Waals surface area contributed by atoms with Crippen LogP contribution in [0.3, 0.4) is 0 Å². The van der Waals surface area contributed by atoms with Crippen molar-refractivity contribution in [1.29, 1.82) is 0 Å². The first kappa shape index (κ1) is 33.5. The molecule has 3 N–H and O–H groups in total. The third-order valence-electron chi connectivity index (χ3n) is 6.18. The summed E-state index contributed by atoms with van der Waals surface area (Å²) in [6.07, 6.45) is 5.48. The maximum Gasteiger partial charge on any atom is 0.307 e. The summed E-state index contributed by atoms with van der Waals surface area (Å²) in [5.41, 5.74) is -0.188. The topological polar surface area (TPSA) is 123 Å². The highest BCUT2D eigenvalue weighted by molar-refractivity contribution is 5.91. The van der Waals surface area contributed by atoms with E-state index in [0.29, 0.717) is 19.5 Å². The number of nitrogens with one attached hydrogen (secondary N) is 2. The van der Waals surface area contributed by atoms with Crippen molar-refractivity contribution in [1.82, 2.24) is 20.2 Å². The normalized spacial score (nSPS) is 13.0. The fourth-order valence-corrected chi connectivity index (χ4v) is 4.24. The Kier molecular flexibility index (Phi) is 12.5. The molecule has 0 aliphatic rings. The average molecular weight is 567 g/mol. The number of fused-ring (bicyclic) bond motifs is 1. The summed E-state index contributed by atoms with van der Waals surface area (Å²) in [7, 11) is 0. The number of benzene rings is 2. The summed E-state index contributed by atoms with van der Waals surface area (Å²) in [5, 5.41) is 16.3. The van der Waals surface area contributed by atoms with Crippen LogP contribution in [-0.4, -0.2) is 57.2 Å². The number of aliphatic hydroxyl groups is 1. The summed E-state index contributed by atoms with van der Waals surface area (Å²) in [6, 6.07) is 13.3.